The molecule has 0 fully saturated rings. The summed E-state index contributed by atoms with van der Waals surface area (Å²) in [4.78, 5) is 20.4. The first-order chi connectivity index (χ1) is 9.43. The summed E-state index contributed by atoms with van der Waals surface area (Å²) in [7, 11) is 0. The SMILES string of the molecule is O=C(O)c1ccccc1[O-].O=C(O)c1ccccc1[O-].[Hg].[Na+].[Na+]. The van der Waals surface area contributed by atoms with Crippen LogP contribution in [0.1, 0.15) is 20.7 Å². The van der Waals surface area contributed by atoms with Gasteiger partial charge >= 0.3 is 71.1 Å². The van der Waals surface area contributed by atoms with Crippen LogP contribution in [-0.4, -0.2) is 22.2 Å². The van der Waals surface area contributed by atoms with E-state index in [0.717, 1.165) is 0 Å². The molecule has 2 N–H and O–H groups in total. The van der Waals surface area contributed by atoms with E-state index < -0.39 is 23.4 Å². The molecule has 0 spiro atoms. The van der Waals surface area contributed by atoms with Gasteiger partial charge in [0, 0.05) is 27.7 Å². The smallest absolute Gasteiger partial charge is 0.872 e. The van der Waals surface area contributed by atoms with Crippen molar-refractivity contribution in [3.8, 4) is 11.5 Å². The molecular formula is C14H10HgNa2O6. The van der Waals surface area contributed by atoms with Crippen LogP contribution in [0, 0.1) is 0 Å². The zero-order valence-corrected chi connectivity index (χ0v) is 22.4. The van der Waals surface area contributed by atoms with Gasteiger partial charge in [-0.05, 0) is 12.1 Å². The van der Waals surface area contributed by atoms with E-state index in [0.29, 0.717) is 0 Å². The Labute approximate surface area is 197 Å². The Morgan fingerprint density at radius 1 is 0.696 bits per heavy atom. The second kappa shape index (κ2) is 14.3. The van der Waals surface area contributed by atoms with E-state index in [1.165, 1.54) is 48.5 Å². The molecule has 0 aliphatic carbocycles. The Morgan fingerprint density at radius 3 is 1.13 bits per heavy atom. The van der Waals surface area contributed by atoms with Crippen molar-refractivity contribution >= 4 is 11.9 Å². The number of benzene rings is 2. The molecular weight excluding hydrogens is 511 g/mol. The quantitative estimate of drug-likeness (QED) is 0.383. The number of hydrogen-bond acceptors (Lipinski definition) is 4. The Morgan fingerprint density at radius 2 is 0.957 bits per heavy atom. The molecule has 0 bridgehead atoms. The zero-order valence-electron chi connectivity index (χ0n) is 12.9. The molecule has 2 aromatic rings. The molecule has 0 heterocycles. The first-order valence-corrected chi connectivity index (χ1v) is 5.42. The first kappa shape index (κ1) is 27.7. The summed E-state index contributed by atoms with van der Waals surface area (Å²) in [6.07, 6.45) is 0. The fraction of sp³-hybridized carbons (Fsp3) is 0. The molecule has 6 nitrogen and oxygen atoms in total. The predicted molar refractivity (Wildman–Crippen MR) is 65.7 cm³/mol. The first-order valence-electron chi connectivity index (χ1n) is 5.42. The van der Waals surface area contributed by atoms with E-state index >= 15 is 0 Å². The fourth-order valence-corrected chi connectivity index (χ4v) is 1.29. The van der Waals surface area contributed by atoms with Gasteiger partial charge in [-0.1, -0.05) is 47.9 Å². The van der Waals surface area contributed by atoms with Crippen molar-refractivity contribution in [1.29, 1.82) is 0 Å². The van der Waals surface area contributed by atoms with E-state index in [9.17, 15) is 19.8 Å². The van der Waals surface area contributed by atoms with Crippen LogP contribution in [0.25, 0.3) is 0 Å². The maximum absolute atomic E-state index is 10.7. The average molecular weight is 521 g/mol. The fourth-order valence-electron chi connectivity index (χ4n) is 1.29. The standard InChI is InChI=1S/2C7H6O3.Hg.2Na/c2*8-6-4-2-1-3-5(6)7(9)10;;;/h2*1-4,8H,(H,9,10);;;/q;;;2*+1/p-2. The summed E-state index contributed by atoms with van der Waals surface area (Å²) >= 11 is 0. The van der Waals surface area contributed by atoms with Crippen LogP contribution in [0.5, 0.6) is 11.5 Å². The van der Waals surface area contributed by atoms with Gasteiger partial charge in [0.1, 0.15) is 0 Å². The molecule has 0 radical (unpaired) electrons. The van der Waals surface area contributed by atoms with Crippen molar-refractivity contribution in [3.63, 3.8) is 0 Å². The summed E-state index contributed by atoms with van der Waals surface area (Å²) in [5, 5.41) is 38.1. The molecule has 9 heteroatoms. The maximum Gasteiger partial charge on any atom is 1.00 e. The van der Waals surface area contributed by atoms with E-state index in [1.807, 2.05) is 0 Å². The van der Waals surface area contributed by atoms with Gasteiger partial charge in [0.15, 0.2) is 0 Å². The summed E-state index contributed by atoms with van der Waals surface area (Å²) < 4.78 is 0. The summed E-state index contributed by atoms with van der Waals surface area (Å²) in [5.74, 6) is -3.25. The van der Waals surface area contributed by atoms with Gasteiger partial charge in [-0.3, -0.25) is 0 Å². The minimum absolute atomic E-state index is 0. The van der Waals surface area contributed by atoms with Crippen LogP contribution in [0.3, 0.4) is 0 Å². The molecule has 0 atom stereocenters. The van der Waals surface area contributed by atoms with Gasteiger partial charge in [0.2, 0.25) is 0 Å². The molecule has 2 aromatic carbocycles. The maximum atomic E-state index is 10.7. The second-order valence-electron chi connectivity index (χ2n) is 3.60. The molecule has 0 unspecified atom stereocenters. The number of aromatic carboxylic acids is 2. The van der Waals surface area contributed by atoms with Crippen molar-refractivity contribution in [3.05, 3.63) is 59.7 Å². The Balaban J connectivity index is -0.000000308. The number of carboxylic acids is 2. The number of carboxylic acid groups (broad SMARTS) is 2. The molecule has 106 valence electrons. The number of hydrogen-bond donors (Lipinski definition) is 2. The van der Waals surface area contributed by atoms with E-state index in [1.54, 1.807) is 0 Å². The second-order valence-corrected chi connectivity index (χ2v) is 3.60. The molecule has 0 saturated heterocycles. The molecule has 0 aliphatic rings. The van der Waals surface area contributed by atoms with Crippen LogP contribution < -0.4 is 69.3 Å². The normalized spacial score (nSPS) is 8.00. The summed E-state index contributed by atoms with van der Waals surface area (Å²) in [6.45, 7) is 0. The largest absolute Gasteiger partial charge is 1.00 e. The van der Waals surface area contributed by atoms with Crippen LogP contribution in [0.15, 0.2) is 48.5 Å². The van der Waals surface area contributed by atoms with Gasteiger partial charge in [-0.25, -0.2) is 9.59 Å². The van der Waals surface area contributed by atoms with Crippen molar-refractivity contribution in [1.82, 2.24) is 0 Å². The molecule has 0 aliphatic heterocycles. The summed E-state index contributed by atoms with van der Waals surface area (Å²) in [5.41, 5.74) is -0.356. The zero-order chi connectivity index (χ0) is 15.1. The van der Waals surface area contributed by atoms with E-state index in [4.69, 9.17) is 10.2 Å². The average Bonchev–Trinajstić information content (AvgIpc) is 2.40. The van der Waals surface area contributed by atoms with Gasteiger partial charge in [-0.15, -0.1) is 0 Å². The van der Waals surface area contributed by atoms with Gasteiger partial charge in [-0.2, -0.15) is 0 Å². The minimum atomic E-state index is -1.18. The topological polar surface area (TPSA) is 121 Å². The van der Waals surface area contributed by atoms with Gasteiger partial charge < -0.3 is 20.4 Å². The minimum Gasteiger partial charge on any atom is -0.872 e. The van der Waals surface area contributed by atoms with Crippen molar-refractivity contribution in [2.45, 2.75) is 0 Å². The van der Waals surface area contributed by atoms with Crippen LogP contribution in [-0.2, 0) is 27.7 Å². The number of para-hydroxylation sites is 2. The molecule has 23 heavy (non-hydrogen) atoms. The summed E-state index contributed by atoms with van der Waals surface area (Å²) in [6, 6.07) is 11.1. The van der Waals surface area contributed by atoms with Crippen molar-refractivity contribution < 1.29 is 117 Å². The van der Waals surface area contributed by atoms with Crippen LogP contribution >= 0.6 is 0 Å². The molecule has 0 aromatic heterocycles. The Bertz CT molecular complexity index is 581. The third-order valence-corrected chi connectivity index (χ3v) is 2.23. The molecule has 2 rings (SSSR count). The third-order valence-electron chi connectivity index (χ3n) is 2.23. The Kier molecular flexibility index (Phi) is 17.2. The van der Waals surface area contributed by atoms with Gasteiger partial charge in [0.25, 0.3) is 0 Å². The van der Waals surface area contributed by atoms with Crippen LogP contribution in [0.4, 0.5) is 0 Å². The monoisotopic (exact) mass is 522 g/mol. The third kappa shape index (κ3) is 9.71. The number of rotatable bonds is 2. The predicted octanol–water partition coefficient (Wildman–Crippen LogP) is -5.08. The number of carbonyl (C=O) groups is 2. The van der Waals surface area contributed by atoms with E-state index in [2.05, 4.69) is 0 Å². The van der Waals surface area contributed by atoms with Crippen molar-refractivity contribution in [2.24, 2.45) is 0 Å². The Hall–Kier alpha value is -0.0849. The van der Waals surface area contributed by atoms with E-state index in [-0.39, 0.29) is 97.9 Å². The van der Waals surface area contributed by atoms with Gasteiger partial charge in [0.05, 0.1) is 11.1 Å². The van der Waals surface area contributed by atoms with Crippen molar-refractivity contribution in [2.75, 3.05) is 0 Å². The molecule has 0 saturated carbocycles. The van der Waals surface area contributed by atoms with Crippen LogP contribution in [0.2, 0.25) is 0 Å². The molecule has 0 amide bonds.